The van der Waals surface area contributed by atoms with Crippen LogP contribution < -0.4 is 5.32 Å². The molecule has 2 heterocycles. The minimum atomic E-state index is 0.417. The van der Waals surface area contributed by atoms with Crippen LogP contribution in [0.5, 0.6) is 0 Å². The Morgan fingerprint density at radius 1 is 1.20 bits per heavy atom. The van der Waals surface area contributed by atoms with Crippen molar-refractivity contribution in [1.82, 2.24) is 10.3 Å². The summed E-state index contributed by atoms with van der Waals surface area (Å²) in [5.74, 6) is 0. The SMILES string of the molecule is CCNC(C)c1ccc(-c2ccc3ncccc3c2)s1. The topological polar surface area (TPSA) is 24.9 Å². The number of nitrogens with one attached hydrogen (secondary N) is 1. The Kier molecular flexibility index (Phi) is 3.81. The van der Waals surface area contributed by atoms with E-state index in [1.54, 1.807) is 0 Å². The second-order valence-electron chi connectivity index (χ2n) is 4.89. The van der Waals surface area contributed by atoms with Crippen LogP contribution in [0.4, 0.5) is 0 Å². The molecule has 102 valence electrons. The number of aromatic nitrogens is 1. The summed E-state index contributed by atoms with van der Waals surface area (Å²) in [7, 11) is 0. The van der Waals surface area contributed by atoms with Crippen molar-refractivity contribution < 1.29 is 0 Å². The standard InChI is InChI=1S/C17H18N2S/c1-3-18-12(2)16-8-9-17(20-16)14-6-7-15-13(11-14)5-4-10-19-15/h4-12,18H,3H2,1-2H3. The lowest BCUT2D eigenvalue weighted by atomic mass is 10.1. The minimum Gasteiger partial charge on any atom is -0.310 e. The zero-order chi connectivity index (χ0) is 13.9. The number of thiophene rings is 1. The van der Waals surface area contributed by atoms with Crippen LogP contribution >= 0.6 is 11.3 Å². The smallest absolute Gasteiger partial charge is 0.0702 e. The van der Waals surface area contributed by atoms with Crippen molar-refractivity contribution in [3.05, 3.63) is 53.5 Å². The number of fused-ring (bicyclic) bond motifs is 1. The molecule has 0 amide bonds. The van der Waals surface area contributed by atoms with Crippen LogP contribution in [0.1, 0.15) is 24.8 Å². The van der Waals surface area contributed by atoms with Gasteiger partial charge in [-0.25, -0.2) is 0 Å². The highest BCUT2D eigenvalue weighted by atomic mass is 32.1. The Bertz CT molecular complexity index is 718. The first-order valence-corrected chi connectivity index (χ1v) is 7.78. The molecule has 1 atom stereocenters. The van der Waals surface area contributed by atoms with Gasteiger partial charge in [0.1, 0.15) is 0 Å². The summed E-state index contributed by atoms with van der Waals surface area (Å²) in [5.41, 5.74) is 2.32. The molecular weight excluding hydrogens is 264 g/mol. The zero-order valence-electron chi connectivity index (χ0n) is 11.8. The van der Waals surface area contributed by atoms with Gasteiger partial charge in [-0.3, -0.25) is 4.98 Å². The predicted molar refractivity (Wildman–Crippen MR) is 87.1 cm³/mol. The maximum Gasteiger partial charge on any atom is 0.0702 e. The molecular formula is C17H18N2S. The molecule has 3 rings (SSSR count). The maximum absolute atomic E-state index is 4.37. The second-order valence-corrected chi connectivity index (χ2v) is 6.01. The fourth-order valence-electron chi connectivity index (χ4n) is 2.38. The van der Waals surface area contributed by atoms with Crippen LogP contribution in [0.3, 0.4) is 0 Å². The molecule has 1 N–H and O–H groups in total. The van der Waals surface area contributed by atoms with Crippen LogP contribution in [-0.2, 0) is 0 Å². The number of hydrogen-bond donors (Lipinski definition) is 1. The van der Waals surface area contributed by atoms with E-state index >= 15 is 0 Å². The van der Waals surface area contributed by atoms with Crippen molar-refractivity contribution in [3.8, 4) is 10.4 Å². The Hall–Kier alpha value is -1.71. The molecule has 0 spiro atoms. The van der Waals surface area contributed by atoms with Crippen molar-refractivity contribution in [3.63, 3.8) is 0 Å². The van der Waals surface area contributed by atoms with Gasteiger partial charge >= 0.3 is 0 Å². The quantitative estimate of drug-likeness (QED) is 0.754. The number of benzene rings is 1. The van der Waals surface area contributed by atoms with Gasteiger partial charge in [-0.05, 0) is 49.4 Å². The molecule has 3 heteroatoms. The summed E-state index contributed by atoms with van der Waals surface area (Å²) in [5, 5.41) is 4.65. The molecule has 0 aliphatic heterocycles. The van der Waals surface area contributed by atoms with E-state index in [1.165, 1.54) is 20.7 Å². The Balaban J connectivity index is 1.94. The molecule has 0 saturated carbocycles. The molecule has 0 radical (unpaired) electrons. The van der Waals surface area contributed by atoms with E-state index in [0.717, 1.165) is 12.1 Å². The van der Waals surface area contributed by atoms with Gasteiger partial charge in [0.15, 0.2) is 0 Å². The lowest BCUT2D eigenvalue weighted by molar-refractivity contribution is 0.607. The molecule has 0 fully saturated rings. The van der Waals surface area contributed by atoms with Crippen LogP contribution in [0.25, 0.3) is 21.3 Å². The number of nitrogens with zero attached hydrogens (tertiary/aromatic N) is 1. The summed E-state index contributed by atoms with van der Waals surface area (Å²) in [6, 6.07) is 15.4. The van der Waals surface area contributed by atoms with Crippen LogP contribution in [0.15, 0.2) is 48.7 Å². The van der Waals surface area contributed by atoms with E-state index in [9.17, 15) is 0 Å². The van der Waals surface area contributed by atoms with Gasteiger partial charge in [0.25, 0.3) is 0 Å². The third-order valence-electron chi connectivity index (χ3n) is 3.45. The average Bonchev–Trinajstić information content (AvgIpc) is 2.97. The highest BCUT2D eigenvalue weighted by molar-refractivity contribution is 7.15. The fourth-order valence-corrected chi connectivity index (χ4v) is 3.41. The van der Waals surface area contributed by atoms with E-state index in [-0.39, 0.29) is 0 Å². The lowest BCUT2D eigenvalue weighted by Crippen LogP contribution is -2.16. The molecule has 2 aromatic heterocycles. The summed E-state index contributed by atoms with van der Waals surface area (Å²) in [6.45, 7) is 5.35. The van der Waals surface area contributed by atoms with Crippen LogP contribution in [0.2, 0.25) is 0 Å². The van der Waals surface area contributed by atoms with Gasteiger partial charge in [0, 0.05) is 27.4 Å². The minimum absolute atomic E-state index is 0.417. The molecule has 3 aromatic rings. The van der Waals surface area contributed by atoms with Gasteiger partial charge in [-0.2, -0.15) is 0 Å². The largest absolute Gasteiger partial charge is 0.310 e. The van der Waals surface area contributed by atoms with Crippen LogP contribution in [0, 0.1) is 0 Å². The Labute approximate surface area is 123 Å². The normalized spacial score (nSPS) is 12.7. The third-order valence-corrected chi connectivity index (χ3v) is 4.77. The van der Waals surface area contributed by atoms with E-state index in [1.807, 2.05) is 23.6 Å². The molecule has 0 saturated heterocycles. The molecule has 0 aliphatic carbocycles. The lowest BCUT2D eigenvalue weighted by Gasteiger charge is -2.09. The Morgan fingerprint density at radius 3 is 2.95 bits per heavy atom. The van der Waals surface area contributed by atoms with Crippen LogP contribution in [-0.4, -0.2) is 11.5 Å². The van der Waals surface area contributed by atoms with Gasteiger partial charge in [-0.15, -0.1) is 11.3 Å². The van der Waals surface area contributed by atoms with E-state index in [0.29, 0.717) is 6.04 Å². The fraction of sp³-hybridized carbons (Fsp3) is 0.235. The molecule has 0 bridgehead atoms. The molecule has 20 heavy (non-hydrogen) atoms. The van der Waals surface area contributed by atoms with Gasteiger partial charge in [-0.1, -0.05) is 19.1 Å². The maximum atomic E-state index is 4.37. The summed E-state index contributed by atoms with van der Waals surface area (Å²) in [6.07, 6.45) is 1.84. The molecule has 0 aliphatic rings. The second kappa shape index (κ2) is 5.73. The number of hydrogen-bond acceptors (Lipinski definition) is 3. The van der Waals surface area contributed by atoms with Crippen molar-refractivity contribution in [2.45, 2.75) is 19.9 Å². The van der Waals surface area contributed by atoms with Crippen molar-refractivity contribution >= 4 is 22.2 Å². The first-order valence-electron chi connectivity index (χ1n) is 6.96. The highest BCUT2D eigenvalue weighted by Gasteiger charge is 2.09. The van der Waals surface area contributed by atoms with E-state index in [4.69, 9.17) is 0 Å². The summed E-state index contributed by atoms with van der Waals surface area (Å²) in [4.78, 5) is 7.06. The summed E-state index contributed by atoms with van der Waals surface area (Å²) < 4.78 is 0. The van der Waals surface area contributed by atoms with E-state index < -0.39 is 0 Å². The Morgan fingerprint density at radius 2 is 2.10 bits per heavy atom. The zero-order valence-corrected chi connectivity index (χ0v) is 12.6. The van der Waals surface area contributed by atoms with Gasteiger partial charge in [0.2, 0.25) is 0 Å². The van der Waals surface area contributed by atoms with Gasteiger partial charge in [0.05, 0.1) is 5.52 Å². The van der Waals surface area contributed by atoms with Gasteiger partial charge < -0.3 is 5.32 Å². The molecule has 1 unspecified atom stereocenters. The number of rotatable bonds is 4. The first-order chi connectivity index (χ1) is 9.78. The van der Waals surface area contributed by atoms with E-state index in [2.05, 4.69) is 60.5 Å². The number of pyridine rings is 1. The third kappa shape index (κ3) is 2.60. The van der Waals surface area contributed by atoms with Crippen molar-refractivity contribution in [2.24, 2.45) is 0 Å². The average molecular weight is 282 g/mol. The first kappa shape index (κ1) is 13.3. The predicted octanol–water partition coefficient (Wildman–Crippen LogP) is 4.63. The van der Waals surface area contributed by atoms with Crippen molar-refractivity contribution in [2.75, 3.05) is 6.54 Å². The molecule has 2 nitrogen and oxygen atoms in total. The highest BCUT2D eigenvalue weighted by Crippen LogP contribution is 2.32. The van der Waals surface area contributed by atoms with Crippen molar-refractivity contribution in [1.29, 1.82) is 0 Å². The monoisotopic (exact) mass is 282 g/mol. The molecule has 1 aromatic carbocycles. The summed E-state index contributed by atoms with van der Waals surface area (Å²) >= 11 is 1.86.